The summed E-state index contributed by atoms with van der Waals surface area (Å²) in [5, 5.41) is 8.01. The molecule has 8 heteroatoms. The molecule has 0 saturated carbocycles. The van der Waals surface area contributed by atoms with Crippen molar-refractivity contribution < 1.29 is 14.3 Å². The molecule has 2 aromatic heterocycles. The molecule has 2 heterocycles. The lowest BCUT2D eigenvalue weighted by Crippen LogP contribution is -2.37. The molecule has 0 saturated heterocycles. The predicted molar refractivity (Wildman–Crippen MR) is 102 cm³/mol. The van der Waals surface area contributed by atoms with E-state index in [4.69, 9.17) is 15.2 Å². The highest BCUT2D eigenvalue weighted by Crippen LogP contribution is 2.26. The number of nitrogens with two attached hydrogens (primary N) is 1. The molecule has 3 aromatic rings. The maximum absolute atomic E-state index is 12.2. The molecule has 1 amide bonds. The summed E-state index contributed by atoms with van der Waals surface area (Å²) in [6.07, 6.45) is 3.24. The van der Waals surface area contributed by atoms with Crippen molar-refractivity contribution in [2.75, 3.05) is 20.8 Å². The third-order valence-corrected chi connectivity index (χ3v) is 4.28. The number of pyridine rings is 1. The van der Waals surface area contributed by atoms with E-state index in [9.17, 15) is 4.79 Å². The Labute approximate surface area is 157 Å². The van der Waals surface area contributed by atoms with Crippen molar-refractivity contribution in [1.82, 2.24) is 20.1 Å². The molecule has 27 heavy (non-hydrogen) atoms. The molecule has 0 aliphatic heterocycles. The van der Waals surface area contributed by atoms with Gasteiger partial charge in [-0.15, -0.1) is 0 Å². The number of benzene rings is 1. The summed E-state index contributed by atoms with van der Waals surface area (Å²) in [5.41, 5.74) is 7.66. The number of aromatic nitrogens is 3. The Bertz CT molecular complexity index is 954. The van der Waals surface area contributed by atoms with Gasteiger partial charge in [0.1, 0.15) is 11.5 Å². The molecule has 3 N–H and O–H groups in total. The van der Waals surface area contributed by atoms with Crippen LogP contribution in [0.5, 0.6) is 11.5 Å². The Balaban J connectivity index is 1.86. The Morgan fingerprint density at radius 1 is 1.26 bits per heavy atom. The number of amides is 1. The molecule has 3 rings (SSSR count). The number of methoxy groups -OCH3 is 2. The van der Waals surface area contributed by atoms with Crippen LogP contribution in [0.4, 0.5) is 0 Å². The number of hydrogen-bond acceptors (Lipinski definition) is 6. The van der Waals surface area contributed by atoms with Crippen molar-refractivity contribution in [2.24, 2.45) is 5.73 Å². The summed E-state index contributed by atoms with van der Waals surface area (Å²) in [6.45, 7) is 2.71. The second-order valence-corrected chi connectivity index (χ2v) is 6.23. The van der Waals surface area contributed by atoms with Gasteiger partial charge in [-0.25, -0.2) is 9.67 Å². The summed E-state index contributed by atoms with van der Waals surface area (Å²) in [5.74, 6) is 1.23. The summed E-state index contributed by atoms with van der Waals surface area (Å²) in [6, 6.07) is 7.31. The Morgan fingerprint density at radius 3 is 2.78 bits per heavy atom. The molecule has 142 valence electrons. The van der Waals surface area contributed by atoms with Crippen LogP contribution in [0.2, 0.25) is 0 Å². The van der Waals surface area contributed by atoms with Crippen molar-refractivity contribution in [2.45, 2.75) is 19.5 Å². The van der Waals surface area contributed by atoms with Crippen molar-refractivity contribution in [3.8, 4) is 11.5 Å². The zero-order valence-corrected chi connectivity index (χ0v) is 15.6. The molecule has 0 fully saturated rings. The van der Waals surface area contributed by atoms with Gasteiger partial charge in [0.05, 0.1) is 32.5 Å². The quantitative estimate of drug-likeness (QED) is 0.655. The maximum atomic E-state index is 12.2. The largest absolute Gasteiger partial charge is 0.497 e. The molecule has 8 nitrogen and oxygen atoms in total. The first-order valence-corrected chi connectivity index (χ1v) is 8.59. The van der Waals surface area contributed by atoms with E-state index in [0.29, 0.717) is 30.0 Å². The van der Waals surface area contributed by atoms with Crippen molar-refractivity contribution in [3.63, 3.8) is 0 Å². The number of hydrogen-bond donors (Lipinski definition) is 2. The van der Waals surface area contributed by atoms with Crippen LogP contribution in [0.3, 0.4) is 0 Å². The minimum absolute atomic E-state index is 0.0987. The van der Waals surface area contributed by atoms with Gasteiger partial charge in [0.25, 0.3) is 5.91 Å². The zero-order chi connectivity index (χ0) is 19.4. The van der Waals surface area contributed by atoms with Crippen LogP contribution in [0.15, 0.2) is 36.7 Å². The molecular weight excluding hydrogens is 346 g/mol. The van der Waals surface area contributed by atoms with Crippen molar-refractivity contribution in [1.29, 1.82) is 0 Å². The fraction of sp³-hybridized carbons (Fsp3) is 0.316. The third-order valence-electron chi connectivity index (χ3n) is 4.28. The first-order valence-electron chi connectivity index (χ1n) is 8.59. The molecule has 0 unspecified atom stereocenters. The lowest BCUT2D eigenvalue weighted by molar-refractivity contribution is 0.0941. The molecule has 1 atom stereocenters. The van der Waals surface area contributed by atoms with Crippen LogP contribution in [0.25, 0.3) is 11.0 Å². The van der Waals surface area contributed by atoms with Gasteiger partial charge in [0.2, 0.25) is 0 Å². The van der Waals surface area contributed by atoms with Gasteiger partial charge in [0.15, 0.2) is 5.65 Å². The van der Waals surface area contributed by atoms with Crippen LogP contribution in [-0.4, -0.2) is 47.5 Å². The van der Waals surface area contributed by atoms with Gasteiger partial charge in [-0.2, -0.15) is 5.10 Å². The van der Waals surface area contributed by atoms with E-state index < -0.39 is 0 Å². The molecule has 0 bridgehead atoms. The Hall–Kier alpha value is -3.13. The lowest BCUT2D eigenvalue weighted by Gasteiger charge is -2.12. The minimum atomic E-state index is -0.202. The first kappa shape index (κ1) is 18.7. The number of carbonyl (C=O) groups excluding carboxylic acids is 1. The smallest absolute Gasteiger partial charge is 0.253 e. The van der Waals surface area contributed by atoms with Crippen LogP contribution in [0, 0.1) is 0 Å². The van der Waals surface area contributed by atoms with Gasteiger partial charge < -0.3 is 20.5 Å². The highest BCUT2D eigenvalue weighted by atomic mass is 16.5. The van der Waals surface area contributed by atoms with Crippen LogP contribution < -0.4 is 20.5 Å². The third kappa shape index (κ3) is 4.01. The predicted octanol–water partition coefficient (Wildman–Crippen LogP) is 1.57. The van der Waals surface area contributed by atoms with E-state index in [1.807, 2.05) is 25.1 Å². The average Bonchev–Trinajstić information content (AvgIpc) is 3.10. The normalized spacial score (nSPS) is 12.0. The van der Waals surface area contributed by atoms with Gasteiger partial charge in [-0.05, 0) is 25.1 Å². The lowest BCUT2D eigenvalue weighted by atomic mass is 10.2. The minimum Gasteiger partial charge on any atom is -0.497 e. The van der Waals surface area contributed by atoms with E-state index in [1.54, 1.807) is 37.4 Å². The zero-order valence-electron chi connectivity index (χ0n) is 15.6. The van der Waals surface area contributed by atoms with Gasteiger partial charge in [-0.1, -0.05) is 0 Å². The number of nitrogens with one attached hydrogen (secondary N) is 1. The monoisotopic (exact) mass is 369 g/mol. The average molecular weight is 369 g/mol. The van der Waals surface area contributed by atoms with Crippen LogP contribution in [0.1, 0.15) is 22.8 Å². The van der Waals surface area contributed by atoms with Gasteiger partial charge in [0, 0.05) is 35.8 Å². The fourth-order valence-electron chi connectivity index (χ4n) is 2.72. The number of rotatable bonds is 7. The van der Waals surface area contributed by atoms with E-state index in [0.717, 1.165) is 16.7 Å². The summed E-state index contributed by atoms with van der Waals surface area (Å²) in [7, 11) is 3.23. The standard InChI is InChI=1S/C19H23N5O3/c1-12(8-20)23-19(25)15-6-14-10-22-24(18(14)21-9-15)11-13-4-5-16(26-2)7-17(13)27-3/h4-7,9-10,12H,8,11,20H2,1-3H3,(H,23,25)/t12-/m0/s1. The fourth-order valence-corrected chi connectivity index (χ4v) is 2.72. The van der Waals surface area contributed by atoms with Crippen molar-refractivity contribution in [3.05, 3.63) is 47.8 Å². The van der Waals surface area contributed by atoms with Gasteiger partial charge in [-0.3, -0.25) is 4.79 Å². The summed E-state index contributed by atoms with van der Waals surface area (Å²) in [4.78, 5) is 16.7. The first-order chi connectivity index (χ1) is 13.0. The van der Waals surface area contributed by atoms with Crippen molar-refractivity contribution >= 4 is 16.9 Å². The van der Waals surface area contributed by atoms with E-state index in [-0.39, 0.29) is 11.9 Å². The van der Waals surface area contributed by atoms with Crippen LogP contribution >= 0.6 is 0 Å². The van der Waals surface area contributed by atoms with E-state index >= 15 is 0 Å². The van der Waals surface area contributed by atoms with E-state index in [1.165, 1.54) is 0 Å². The maximum Gasteiger partial charge on any atom is 0.253 e. The molecule has 0 spiro atoms. The summed E-state index contributed by atoms with van der Waals surface area (Å²) >= 11 is 0. The topological polar surface area (TPSA) is 104 Å². The number of carbonyl (C=O) groups is 1. The molecular formula is C19H23N5O3. The number of ether oxygens (including phenoxy) is 2. The highest BCUT2D eigenvalue weighted by molar-refractivity contribution is 5.96. The second kappa shape index (κ2) is 8.05. The molecule has 0 aliphatic carbocycles. The van der Waals surface area contributed by atoms with Crippen LogP contribution in [-0.2, 0) is 6.54 Å². The Morgan fingerprint density at radius 2 is 2.07 bits per heavy atom. The number of nitrogens with zero attached hydrogens (tertiary/aromatic N) is 3. The number of fused-ring (bicyclic) bond motifs is 1. The second-order valence-electron chi connectivity index (χ2n) is 6.23. The molecule has 0 radical (unpaired) electrons. The summed E-state index contributed by atoms with van der Waals surface area (Å²) < 4.78 is 12.4. The SMILES string of the molecule is COc1ccc(Cn2ncc3cc(C(=O)N[C@@H](C)CN)cnc32)c(OC)c1. The molecule has 1 aromatic carbocycles. The Kier molecular flexibility index (Phi) is 5.56. The van der Waals surface area contributed by atoms with Gasteiger partial charge >= 0.3 is 0 Å². The highest BCUT2D eigenvalue weighted by Gasteiger charge is 2.13. The molecule has 0 aliphatic rings. The van der Waals surface area contributed by atoms with E-state index in [2.05, 4.69) is 15.4 Å².